The molecular weight excluding hydrogens is 208 g/mol. The van der Waals surface area contributed by atoms with Crippen molar-refractivity contribution < 1.29 is 17.9 Å². The summed E-state index contributed by atoms with van der Waals surface area (Å²) in [6.45, 7) is 1.70. The van der Waals surface area contributed by atoms with Gasteiger partial charge in [0.1, 0.15) is 0 Å². The minimum atomic E-state index is -3.46. The Bertz CT molecular complexity index is 288. The van der Waals surface area contributed by atoms with E-state index in [0.29, 0.717) is 0 Å². The number of methoxy groups -OCH3 is 1. The second-order valence-corrected chi connectivity index (χ2v) is 4.90. The largest absolute Gasteiger partial charge is 0.469 e. The Balaban J connectivity index is 4.33. The Labute approximate surface area is 84.4 Å². The molecule has 84 valence electrons. The third-order valence-corrected chi connectivity index (χ3v) is 3.29. The van der Waals surface area contributed by atoms with Crippen molar-refractivity contribution in [1.82, 2.24) is 9.03 Å². The molecule has 0 aromatic heterocycles. The number of carbonyl (C=O) groups excluding carboxylic acids is 1. The molecule has 0 aromatic rings. The van der Waals surface area contributed by atoms with Crippen LogP contribution in [0.25, 0.3) is 0 Å². The Morgan fingerprint density at radius 1 is 1.57 bits per heavy atom. The molecule has 0 aliphatic carbocycles. The fourth-order valence-electron chi connectivity index (χ4n) is 0.915. The lowest BCUT2D eigenvalue weighted by atomic mass is 10.2. The van der Waals surface area contributed by atoms with Gasteiger partial charge in [-0.15, -0.1) is 0 Å². The number of carbonyl (C=O) groups is 1. The van der Waals surface area contributed by atoms with E-state index < -0.39 is 22.1 Å². The fourth-order valence-corrected chi connectivity index (χ4v) is 1.65. The highest BCUT2D eigenvalue weighted by Crippen LogP contribution is 2.03. The Hall–Kier alpha value is -0.660. The van der Waals surface area contributed by atoms with Gasteiger partial charge >= 0.3 is 5.97 Å². The van der Waals surface area contributed by atoms with Crippen LogP contribution in [0.1, 0.15) is 6.92 Å². The molecule has 0 radical (unpaired) electrons. The molecule has 1 unspecified atom stereocenters. The molecule has 14 heavy (non-hydrogen) atoms. The van der Waals surface area contributed by atoms with Gasteiger partial charge in [0.25, 0.3) is 10.2 Å². The maximum atomic E-state index is 11.2. The Morgan fingerprint density at radius 3 is 2.43 bits per heavy atom. The van der Waals surface area contributed by atoms with E-state index in [0.717, 1.165) is 4.31 Å². The van der Waals surface area contributed by atoms with Crippen LogP contribution in [0.3, 0.4) is 0 Å². The van der Waals surface area contributed by atoms with E-state index in [1.807, 2.05) is 0 Å². The molecule has 7 heteroatoms. The molecule has 0 heterocycles. The van der Waals surface area contributed by atoms with Crippen LogP contribution in [-0.4, -0.2) is 46.4 Å². The van der Waals surface area contributed by atoms with Gasteiger partial charge < -0.3 is 4.74 Å². The number of nitrogens with one attached hydrogen (secondary N) is 1. The molecule has 0 saturated carbocycles. The maximum absolute atomic E-state index is 11.2. The summed E-state index contributed by atoms with van der Waals surface area (Å²) in [6.07, 6.45) is 0. The molecule has 0 bridgehead atoms. The number of esters is 1. The molecule has 0 saturated heterocycles. The summed E-state index contributed by atoms with van der Waals surface area (Å²) in [5.74, 6) is -0.906. The number of hydrogen-bond acceptors (Lipinski definition) is 4. The first kappa shape index (κ1) is 13.3. The molecule has 0 aliphatic rings. The quantitative estimate of drug-likeness (QED) is 0.620. The molecule has 0 fully saturated rings. The van der Waals surface area contributed by atoms with Crippen LogP contribution < -0.4 is 4.72 Å². The van der Waals surface area contributed by atoms with Crippen LogP contribution >= 0.6 is 0 Å². The molecule has 0 rings (SSSR count). The zero-order valence-electron chi connectivity index (χ0n) is 8.77. The molecule has 6 nitrogen and oxygen atoms in total. The first-order valence-corrected chi connectivity index (χ1v) is 5.51. The highest BCUT2D eigenvalue weighted by Gasteiger charge is 2.21. The Kier molecular flexibility index (Phi) is 5.03. The zero-order chi connectivity index (χ0) is 11.4. The smallest absolute Gasteiger partial charge is 0.309 e. The summed E-state index contributed by atoms with van der Waals surface area (Å²) in [5.41, 5.74) is 0. The summed E-state index contributed by atoms with van der Waals surface area (Å²) in [4.78, 5) is 11.0. The first-order chi connectivity index (χ1) is 6.35. The van der Waals surface area contributed by atoms with Crippen LogP contribution in [0.5, 0.6) is 0 Å². The van der Waals surface area contributed by atoms with E-state index in [1.165, 1.54) is 21.2 Å². The van der Waals surface area contributed by atoms with Gasteiger partial charge in [-0.3, -0.25) is 4.79 Å². The second-order valence-electron chi connectivity index (χ2n) is 2.91. The lowest BCUT2D eigenvalue weighted by Crippen LogP contribution is -2.40. The number of rotatable bonds is 5. The van der Waals surface area contributed by atoms with E-state index >= 15 is 0 Å². The number of nitrogens with zero attached hydrogens (tertiary/aromatic N) is 1. The molecule has 0 aromatic carbocycles. The van der Waals surface area contributed by atoms with Crippen molar-refractivity contribution in [2.45, 2.75) is 6.92 Å². The van der Waals surface area contributed by atoms with Gasteiger partial charge in [-0.05, 0) is 0 Å². The van der Waals surface area contributed by atoms with Crippen molar-refractivity contribution in [3.05, 3.63) is 0 Å². The fraction of sp³-hybridized carbons (Fsp3) is 0.857. The van der Waals surface area contributed by atoms with E-state index in [2.05, 4.69) is 9.46 Å². The normalized spacial score (nSPS) is 14.1. The summed E-state index contributed by atoms with van der Waals surface area (Å²) >= 11 is 0. The van der Waals surface area contributed by atoms with Crippen molar-refractivity contribution in [3.63, 3.8) is 0 Å². The lowest BCUT2D eigenvalue weighted by Gasteiger charge is -2.18. The van der Waals surface area contributed by atoms with Gasteiger partial charge in [0.15, 0.2) is 0 Å². The van der Waals surface area contributed by atoms with Crippen molar-refractivity contribution in [2.24, 2.45) is 5.92 Å². The van der Waals surface area contributed by atoms with Gasteiger partial charge in [0.2, 0.25) is 0 Å². The molecule has 1 N–H and O–H groups in total. The summed E-state index contributed by atoms with van der Waals surface area (Å²) < 4.78 is 30.1. The second kappa shape index (κ2) is 5.28. The minimum Gasteiger partial charge on any atom is -0.469 e. The summed E-state index contributed by atoms with van der Waals surface area (Å²) in [6, 6.07) is 0. The third kappa shape index (κ3) is 3.60. The van der Waals surface area contributed by atoms with Gasteiger partial charge in [-0.1, -0.05) is 6.92 Å². The van der Waals surface area contributed by atoms with Crippen LogP contribution in [0.15, 0.2) is 0 Å². The van der Waals surface area contributed by atoms with Crippen LogP contribution in [0, 0.1) is 5.92 Å². The number of ether oxygens (including phenoxy) is 1. The van der Waals surface area contributed by atoms with E-state index in [1.54, 1.807) is 6.92 Å². The van der Waals surface area contributed by atoms with Crippen molar-refractivity contribution in [2.75, 3.05) is 27.7 Å². The standard InChI is InChI=1S/C7H16N2O4S/c1-6(7(10)13-4)5-9(3)14(11,12)8-2/h6,8H,5H2,1-4H3. The monoisotopic (exact) mass is 224 g/mol. The molecule has 0 aliphatic heterocycles. The number of hydrogen-bond donors (Lipinski definition) is 1. The molecular formula is C7H16N2O4S. The minimum absolute atomic E-state index is 0.0931. The van der Waals surface area contributed by atoms with Crippen LogP contribution in [-0.2, 0) is 19.7 Å². The van der Waals surface area contributed by atoms with Crippen LogP contribution in [0.2, 0.25) is 0 Å². The van der Waals surface area contributed by atoms with E-state index in [-0.39, 0.29) is 6.54 Å². The highest BCUT2D eigenvalue weighted by atomic mass is 32.2. The van der Waals surface area contributed by atoms with Gasteiger partial charge in [-0.25, -0.2) is 4.72 Å². The molecule has 1 atom stereocenters. The predicted octanol–water partition coefficient (Wildman–Crippen LogP) is -0.808. The predicted molar refractivity (Wildman–Crippen MR) is 51.8 cm³/mol. The average Bonchev–Trinajstić information content (AvgIpc) is 2.16. The SMILES string of the molecule is CNS(=O)(=O)N(C)CC(C)C(=O)OC. The molecule has 0 spiro atoms. The van der Waals surface area contributed by atoms with Gasteiger partial charge in [-0.2, -0.15) is 12.7 Å². The van der Waals surface area contributed by atoms with Crippen molar-refractivity contribution in [1.29, 1.82) is 0 Å². The third-order valence-electron chi connectivity index (χ3n) is 1.80. The van der Waals surface area contributed by atoms with Gasteiger partial charge in [0, 0.05) is 20.6 Å². The average molecular weight is 224 g/mol. The topological polar surface area (TPSA) is 75.7 Å². The summed E-state index contributed by atoms with van der Waals surface area (Å²) in [5, 5.41) is 0. The Morgan fingerprint density at radius 2 is 2.07 bits per heavy atom. The lowest BCUT2D eigenvalue weighted by molar-refractivity contribution is -0.144. The zero-order valence-corrected chi connectivity index (χ0v) is 9.59. The van der Waals surface area contributed by atoms with Gasteiger partial charge in [0.05, 0.1) is 13.0 Å². The van der Waals surface area contributed by atoms with E-state index in [4.69, 9.17) is 0 Å². The van der Waals surface area contributed by atoms with Crippen molar-refractivity contribution in [3.8, 4) is 0 Å². The maximum Gasteiger partial charge on any atom is 0.309 e. The van der Waals surface area contributed by atoms with Crippen LogP contribution in [0.4, 0.5) is 0 Å². The molecule has 0 amide bonds. The van der Waals surface area contributed by atoms with E-state index in [9.17, 15) is 13.2 Å². The highest BCUT2D eigenvalue weighted by molar-refractivity contribution is 7.87. The first-order valence-electron chi connectivity index (χ1n) is 4.07. The van der Waals surface area contributed by atoms with Crippen molar-refractivity contribution >= 4 is 16.2 Å². The summed E-state index contributed by atoms with van der Waals surface area (Å²) in [7, 11) is 0.518.